The molecule has 6 heteroatoms. The molecular formula is C14H19N3O3. The molecule has 1 aromatic carbocycles. The third-order valence-electron chi connectivity index (χ3n) is 3.14. The molecule has 0 radical (unpaired) electrons. The molecule has 1 saturated heterocycles. The van der Waals surface area contributed by atoms with Crippen molar-refractivity contribution in [2.75, 3.05) is 25.5 Å². The van der Waals surface area contributed by atoms with E-state index >= 15 is 0 Å². The second kappa shape index (κ2) is 6.91. The Morgan fingerprint density at radius 1 is 1.45 bits per heavy atom. The van der Waals surface area contributed by atoms with Crippen molar-refractivity contribution in [1.82, 2.24) is 10.6 Å². The van der Waals surface area contributed by atoms with Gasteiger partial charge in [0.25, 0.3) is 0 Å². The fraction of sp³-hybridized carbons (Fsp3) is 0.429. The highest BCUT2D eigenvalue weighted by atomic mass is 16.5. The van der Waals surface area contributed by atoms with E-state index in [1.165, 1.54) is 0 Å². The molecule has 1 aliphatic heterocycles. The highest BCUT2D eigenvalue weighted by molar-refractivity contribution is 5.93. The number of hydrogen-bond acceptors (Lipinski definition) is 4. The quantitative estimate of drug-likeness (QED) is 0.707. The van der Waals surface area contributed by atoms with Crippen molar-refractivity contribution in [3.05, 3.63) is 24.3 Å². The summed E-state index contributed by atoms with van der Waals surface area (Å²) in [7, 11) is 1.56. The van der Waals surface area contributed by atoms with Crippen molar-refractivity contribution in [3.63, 3.8) is 0 Å². The number of hydrogen-bond donors (Lipinski definition) is 3. The van der Waals surface area contributed by atoms with Crippen molar-refractivity contribution in [2.45, 2.75) is 18.9 Å². The van der Waals surface area contributed by atoms with Gasteiger partial charge in [0.1, 0.15) is 5.75 Å². The summed E-state index contributed by atoms with van der Waals surface area (Å²) >= 11 is 0. The standard InChI is InChI=1S/C14H19N3O3/c1-20-12-5-3-2-4-11(12)17-14(19)9-15-8-10-6-7-13(18)16-10/h2-5,10,15H,6-9H2,1H3,(H,16,18)(H,17,19). The molecule has 0 saturated carbocycles. The van der Waals surface area contributed by atoms with E-state index in [-0.39, 0.29) is 24.4 Å². The molecule has 1 unspecified atom stereocenters. The van der Waals surface area contributed by atoms with Crippen LogP contribution in [0.4, 0.5) is 5.69 Å². The van der Waals surface area contributed by atoms with Gasteiger partial charge in [0.15, 0.2) is 0 Å². The van der Waals surface area contributed by atoms with E-state index in [0.29, 0.717) is 24.4 Å². The number of anilines is 1. The Kier molecular flexibility index (Phi) is 4.95. The Morgan fingerprint density at radius 2 is 2.25 bits per heavy atom. The molecule has 20 heavy (non-hydrogen) atoms. The molecule has 0 bridgehead atoms. The van der Waals surface area contributed by atoms with E-state index < -0.39 is 0 Å². The van der Waals surface area contributed by atoms with Gasteiger partial charge >= 0.3 is 0 Å². The molecule has 2 rings (SSSR count). The lowest BCUT2D eigenvalue weighted by Gasteiger charge is -2.12. The number of ether oxygens (including phenoxy) is 1. The molecule has 2 amide bonds. The van der Waals surface area contributed by atoms with Gasteiger partial charge in [0.2, 0.25) is 11.8 Å². The van der Waals surface area contributed by atoms with E-state index in [4.69, 9.17) is 4.74 Å². The zero-order chi connectivity index (χ0) is 14.4. The van der Waals surface area contributed by atoms with Gasteiger partial charge in [0, 0.05) is 19.0 Å². The van der Waals surface area contributed by atoms with Crippen LogP contribution in [0.25, 0.3) is 0 Å². The molecule has 1 heterocycles. The summed E-state index contributed by atoms with van der Waals surface area (Å²) in [6.45, 7) is 0.801. The molecule has 0 aromatic heterocycles. The maximum Gasteiger partial charge on any atom is 0.238 e. The van der Waals surface area contributed by atoms with Gasteiger partial charge in [-0.05, 0) is 18.6 Å². The first-order valence-electron chi connectivity index (χ1n) is 6.62. The number of amides is 2. The van der Waals surface area contributed by atoms with Crippen LogP contribution >= 0.6 is 0 Å². The third kappa shape index (κ3) is 3.96. The van der Waals surface area contributed by atoms with Crippen molar-refractivity contribution in [3.8, 4) is 5.75 Å². The zero-order valence-corrected chi connectivity index (χ0v) is 11.4. The van der Waals surface area contributed by atoms with Crippen LogP contribution in [0.3, 0.4) is 0 Å². The fourth-order valence-electron chi connectivity index (χ4n) is 2.13. The lowest BCUT2D eigenvalue weighted by molar-refractivity contribution is -0.119. The van der Waals surface area contributed by atoms with Gasteiger partial charge in [-0.25, -0.2) is 0 Å². The lowest BCUT2D eigenvalue weighted by Crippen LogP contribution is -2.38. The first kappa shape index (κ1) is 14.3. The number of carbonyl (C=O) groups excluding carboxylic acids is 2. The zero-order valence-electron chi connectivity index (χ0n) is 11.4. The molecule has 1 atom stereocenters. The molecule has 1 aromatic rings. The minimum atomic E-state index is -0.140. The Bertz CT molecular complexity index is 490. The Labute approximate surface area is 117 Å². The van der Waals surface area contributed by atoms with Crippen LogP contribution in [-0.2, 0) is 9.59 Å². The Hall–Kier alpha value is -2.08. The topological polar surface area (TPSA) is 79.5 Å². The summed E-state index contributed by atoms with van der Waals surface area (Å²) in [5, 5.41) is 8.66. The average molecular weight is 277 g/mol. The van der Waals surface area contributed by atoms with Gasteiger partial charge in [-0.15, -0.1) is 0 Å². The lowest BCUT2D eigenvalue weighted by atomic mass is 10.2. The van der Waals surface area contributed by atoms with Gasteiger partial charge in [-0.2, -0.15) is 0 Å². The minimum Gasteiger partial charge on any atom is -0.495 e. The summed E-state index contributed by atoms with van der Waals surface area (Å²) in [5.41, 5.74) is 0.649. The maximum atomic E-state index is 11.8. The van der Waals surface area contributed by atoms with Gasteiger partial charge in [-0.3, -0.25) is 9.59 Å². The van der Waals surface area contributed by atoms with Crippen molar-refractivity contribution in [2.24, 2.45) is 0 Å². The van der Waals surface area contributed by atoms with Crippen LogP contribution in [0.5, 0.6) is 5.75 Å². The first-order chi connectivity index (χ1) is 9.69. The van der Waals surface area contributed by atoms with E-state index in [1.807, 2.05) is 12.1 Å². The molecular weight excluding hydrogens is 258 g/mol. The summed E-state index contributed by atoms with van der Waals surface area (Å²) in [6.07, 6.45) is 1.39. The molecule has 1 fully saturated rings. The van der Waals surface area contributed by atoms with Crippen LogP contribution in [0, 0.1) is 0 Å². The molecule has 1 aliphatic rings. The van der Waals surface area contributed by atoms with Gasteiger partial charge < -0.3 is 20.7 Å². The maximum absolute atomic E-state index is 11.8. The predicted octanol–water partition coefficient (Wildman–Crippen LogP) is 0.502. The van der Waals surface area contributed by atoms with Crippen LogP contribution in [-0.4, -0.2) is 38.1 Å². The number of benzene rings is 1. The average Bonchev–Trinajstić information content (AvgIpc) is 2.85. The van der Waals surface area contributed by atoms with Crippen LogP contribution in [0.15, 0.2) is 24.3 Å². The SMILES string of the molecule is COc1ccccc1NC(=O)CNCC1CCC(=O)N1. The van der Waals surface area contributed by atoms with E-state index in [1.54, 1.807) is 19.2 Å². The number of methoxy groups -OCH3 is 1. The molecule has 0 spiro atoms. The molecule has 108 valence electrons. The van der Waals surface area contributed by atoms with E-state index in [0.717, 1.165) is 6.42 Å². The minimum absolute atomic E-state index is 0.0790. The second-order valence-electron chi connectivity index (χ2n) is 4.68. The predicted molar refractivity (Wildman–Crippen MR) is 75.7 cm³/mol. The number of nitrogens with one attached hydrogen (secondary N) is 3. The summed E-state index contributed by atoms with van der Waals surface area (Å²) in [5.74, 6) is 0.568. The number of para-hydroxylation sites is 2. The van der Waals surface area contributed by atoms with E-state index in [9.17, 15) is 9.59 Å². The summed E-state index contributed by atoms with van der Waals surface area (Å²) in [6, 6.07) is 7.38. The normalized spacial score (nSPS) is 17.6. The molecule has 0 aliphatic carbocycles. The van der Waals surface area contributed by atoms with Gasteiger partial charge in [0.05, 0.1) is 19.3 Å². The van der Waals surface area contributed by atoms with Crippen LogP contribution < -0.4 is 20.7 Å². The largest absolute Gasteiger partial charge is 0.495 e. The van der Waals surface area contributed by atoms with Crippen LogP contribution in [0.2, 0.25) is 0 Å². The summed E-state index contributed by atoms with van der Waals surface area (Å²) in [4.78, 5) is 22.8. The van der Waals surface area contributed by atoms with E-state index in [2.05, 4.69) is 16.0 Å². The van der Waals surface area contributed by atoms with Crippen molar-refractivity contribution < 1.29 is 14.3 Å². The highest BCUT2D eigenvalue weighted by Crippen LogP contribution is 2.22. The Balaban J connectivity index is 1.74. The third-order valence-corrected chi connectivity index (χ3v) is 3.14. The van der Waals surface area contributed by atoms with Gasteiger partial charge in [-0.1, -0.05) is 12.1 Å². The number of rotatable bonds is 6. The second-order valence-corrected chi connectivity index (χ2v) is 4.68. The number of carbonyl (C=O) groups is 2. The van der Waals surface area contributed by atoms with Crippen LogP contribution in [0.1, 0.15) is 12.8 Å². The fourth-order valence-corrected chi connectivity index (χ4v) is 2.13. The molecule has 3 N–H and O–H groups in total. The molecule has 6 nitrogen and oxygen atoms in total. The van der Waals surface area contributed by atoms with Crippen molar-refractivity contribution >= 4 is 17.5 Å². The summed E-state index contributed by atoms with van der Waals surface area (Å²) < 4.78 is 5.16. The first-order valence-corrected chi connectivity index (χ1v) is 6.62. The highest BCUT2D eigenvalue weighted by Gasteiger charge is 2.20. The monoisotopic (exact) mass is 277 g/mol. The smallest absolute Gasteiger partial charge is 0.238 e. The Morgan fingerprint density at radius 3 is 2.95 bits per heavy atom. The van der Waals surface area contributed by atoms with Crippen molar-refractivity contribution in [1.29, 1.82) is 0 Å².